The number of nitro groups is 1. The van der Waals surface area contributed by atoms with Crippen LogP contribution in [0.2, 0.25) is 5.02 Å². The minimum absolute atomic E-state index is 0.0188. The molecule has 1 rings (SSSR count). The van der Waals surface area contributed by atoms with Gasteiger partial charge in [-0.25, -0.2) is 0 Å². The summed E-state index contributed by atoms with van der Waals surface area (Å²) in [5, 5.41) is 10.6. The molecule has 0 aliphatic heterocycles. The molecule has 0 saturated heterocycles. The van der Waals surface area contributed by atoms with Crippen LogP contribution in [0.25, 0.3) is 0 Å². The van der Waals surface area contributed by atoms with E-state index in [1.165, 1.54) is 18.2 Å². The lowest BCUT2D eigenvalue weighted by atomic mass is 10.2. The molecular weight excluding hydrogens is 256 g/mol. The molecule has 0 bridgehead atoms. The van der Waals surface area contributed by atoms with Crippen LogP contribution in [0.15, 0.2) is 18.2 Å². The molecule has 0 spiro atoms. The molecule has 18 heavy (non-hydrogen) atoms. The third-order valence-corrected chi connectivity index (χ3v) is 2.89. The first-order chi connectivity index (χ1) is 8.47. The normalized spacial score (nSPS) is 10.2. The zero-order valence-electron chi connectivity index (χ0n) is 10.4. The Labute approximate surface area is 110 Å². The van der Waals surface area contributed by atoms with Gasteiger partial charge in [0.15, 0.2) is 0 Å². The Balaban J connectivity index is 2.87. The van der Waals surface area contributed by atoms with E-state index in [0.717, 1.165) is 12.8 Å². The highest BCUT2D eigenvalue weighted by Gasteiger charge is 2.17. The van der Waals surface area contributed by atoms with E-state index >= 15 is 0 Å². The largest absolute Gasteiger partial charge is 0.342 e. The topological polar surface area (TPSA) is 63.5 Å². The van der Waals surface area contributed by atoms with Crippen molar-refractivity contribution >= 4 is 23.2 Å². The second kappa shape index (κ2) is 6.35. The van der Waals surface area contributed by atoms with E-state index in [9.17, 15) is 14.9 Å². The van der Waals surface area contributed by atoms with Crippen molar-refractivity contribution < 1.29 is 9.72 Å². The van der Waals surface area contributed by atoms with E-state index in [1.54, 1.807) is 11.9 Å². The number of nitro benzene ring substituents is 1. The van der Waals surface area contributed by atoms with Crippen LogP contribution in [0.3, 0.4) is 0 Å². The first-order valence-corrected chi connectivity index (χ1v) is 6.04. The number of unbranched alkanes of at least 4 members (excludes halogenated alkanes) is 1. The average molecular weight is 271 g/mol. The van der Waals surface area contributed by atoms with Crippen LogP contribution in [0, 0.1) is 10.1 Å². The lowest BCUT2D eigenvalue weighted by molar-refractivity contribution is -0.384. The fourth-order valence-electron chi connectivity index (χ4n) is 1.51. The van der Waals surface area contributed by atoms with E-state index in [1.807, 2.05) is 6.92 Å². The van der Waals surface area contributed by atoms with E-state index in [0.29, 0.717) is 12.1 Å². The summed E-state index contributed by atoms with van der Waals surface area (Å²) in [4.78, 5) is 23.6. The molecule has 98 valence electrons. The van der Waals surface area contributed by atoms with Gasteiger partial charge in [0.05, 0.1) is 4.92 Å². The van der Waals surface area contributed by atoms with Crippen LogP contribution in [0.4, 0.5) is 5.69 Å². The maximum atomic E-state index is 12.0. The molecule has 6 heteroatoms. The second-order valence-corrected chi connectivity index (χ2v) is 4.41. The minimum atomic E-state index is -0.572. The molecule has 1 aromatic rings. The van der Waals surface area contributed by atoms with Gasteiger partial charge in [0.2, 0.25) is 0 Å². The molecule has 0 saturated carbocycles. The summed E-state index contributed by atoms with van der Waals surface area (Å²) in [5.41, 5.74) is 0.175. The molecule has 0 aromatic heterocycles. The highest BCUT2D eigenvalue weighted by atomic mass is 35.5. The quantitative estimate of drug-likeness (QED) is 0.610. The van der Waals surface area contributed by atoms with Gasteiger partial charge in [-0.1, -0.05) is 24.9 Å². The van der Waals surface area contributed by atoms with Crippen molar-refractivity contribution in [2.45, 2.75) is 19.8 Å². The van der Waals surface area contributed by atoms with Gasteiger partial charge < -0.3 is 4.90 Å². The summed E-state index contributed by atoms with van der Waals surface area (Å²) >= 11 is 5.77. The van der Waals surface area contributed by atoms with Gasteiger partial charge in [0.25, 0.3) is 11.6 Å². The van der Waals surface area contributed by atoms with Gasteiger partial charge >= 0.3 is 0 Å². The van der Waals surface area contributed by atoms with Gasteiger partial charge in [-0.05, 0) is 18.6 Å². The third kappa shape index (κ3) is 3.43. The second-order valence-electron chi connectivity index (χ2n) is 4.00. The van der Waals surface area contributed by atoms with E-state index in [-0.39, 0.29) is 16.6 Å². The summed E-state index contributed by atoms with van der Waals surface area (Å²) in [7, 11) is 1.70. The smallest absolute Gasteiger partial charge is 0.287 e. The highest BCUT2D eigenvalue weighted by molar-refractivity contribution is 6.33. The third-order valence-electron chi connectivity index (χ3n) is 2.59. The van der Waals surface area contributed by atoms with Crippen molar-refractivity contribution in [1.82, 2.24) is 4.90 Å². The Morgan fingerprint density at radius 2 is 2.17 bits per heavy atom. The van der Waals surface area contributed by atoms with Crippen LogP contribution in [-0.2, 0) is 0 Å². The minimum Gasteiger partial charge on any atom is -0.342 e. The number of hydrogen-bond acceptors (Lipinski definition) is 3. The van der Waals surface area contributed by atoms with Gasteiger partial charge in [-0.2, -0.15) is 0 Å². The number of carbonyl (C=O) groups excluding carboxylic acids is 1. The first kappa shape index (κ1) is 14.4. The molecular formula is C12H15ClN2O3. The monoisotopic (exact) mass is 270 g/mol. The molecule has 0 fully saturated rings. The van der Waals surface area contributed by atoms with Crippen molar-refractivity contribution in [3.05, 3.63) is 38.9 Å². The molecule has 1 amide bonds. The Hall–Kier alpha value is -1.62. The molecule has 0 unspecified atom stereocenters. The number of amides is 1. The van der Waals surface area contributed by atoms with Crippen molar-refractivity contribution in [3.8, 4) is 0 Å². The van der Waals surface area contributed by atoms with Gasteiger partial charge in [0.1, 0.15) is 5.02 Å². The van der Waals surface area contributed by atoms with Crippen LogP contribution in [0.1, 0.15) is 30.1 Å². The summed E-state index contributed by atoms with van der Waals surface area (Å²) in [6.07, 6.45) is 1.92. The Morgan fingerprint density at radius 3 is 2.67 bits per heavy atom. The van der Waals surface area contributed by atoms with Gasteiger partial charge in [-0.15, -0.1) is 0 Å². The Bertz CT molecular complexity index is 463. The highest BCUT2D eigenvalue weighted by Crippen LogP contribution is 2.25. The Kier molecular flexibility index (Phi) is 5.09. The summed E-state index contributed by atoms with van der Waals surface area (Å²) in [5.74, 6) is -0.180. The molecule has 0 atom stereocenters. The number of rotatable bonds is 5. The van der Waals surface area contributed by atoms with Crippen LogP contribution in [-0.4, -0.2) is 29.3 Å². The molecule has 0 aliphatic rings. The lowest BCUT2D eigenvalue weighted by Crippen LogP contribution is -2.27. The summed E-state index contributed by atoms with van der Waals surface area (Å²) in [6, 6.07) is 4.02. The molecule has 5 nitrogen and oxygen atoms in total. The molecule has 1 aromatic carbocycles. The fraction of sp³-hybridized carbons (Fsp3) is 0.417. The number of halogens is 1. The molecule has 0 N–H and O–H groups in total. The summed E-state index contributed by atoms with van der Waals surface area (Å²) < 4.78 is 0. The summed E-state index contributed by atoms with van der Waals surface area (Å²) in [6.45, 7) is 2.70. The predicted molar refractivity (Wildman–Crippen MR) is 70.0 cm³/mol. The number of hydrogen-bond donors (Lipinski definition) is 0. The number of nitrogens with zero attached hydrogens (tertiary/aromatic N) is 2. The maximum Gasteiger partial charge on any atom is 0.287 e. The van der Waals surface area contributed by atoms with Gasteiger partial charge in [0, 0.05) is 25.2 Å². The van der Waals surface area contributed by atoms with Crippen molar-refractivity contribution in [3.63, 3.8) is 0 Å². The number of benzene rings is 1. The standard InChI is InChI=1S/C12H15ClN2O3/c1-3-4-7-14(2)12(16)9-5-6-11(15(17)18)10(13)8-9/h5-6,8H,3-4,7H2,1-2H3. The zero-order valence-corrected chi connectivity index (χ0v) is 11.1. The van der Waals surface area contributed by atoms with E-state index in [2.05, 4.69) is 0 Å². The molecule has 0 radical (unpaired) electrons. The van der Waals surface area contributed by atoms with E-state index < -0.39 is 4.92 Å². The fourth-order valence-corrected chi connectivity index (χ4v) is 1.75. The van der Waals surface area contributed by atoms with Crippen molar-refractivity contribution in [1.29, 1.82) is 0 Å². The van der Waals surface area contributed by atoms with Crippen molar-refractivity contribution in [2.24, 2.45) is 0 Å². The van der Waals surface area contributed by atoms with Crippen LogP contribution in [0.5, 0.6) is 0 Å². The SMILES string of the molecule is CCCCN(C)C(=O)c1ccc([N+](=O)[O-])c(Cl)c1. The Morgan fingerprint density at radius 1 is 1.50 bits per heavy atom. The lowest BCUT2D eigenvalue weighted by Gasteiger charge is -2.16. The molecule has 0 heterocycles. The average Bonchev–Trinajstić information content (AvgIpc) is 2.34. The predicted octanol–water partition coefficient (Wildman–Crippen LogP) is 3.12. The van der Waals surface area contributed by atoms with E-state index in [4.69, 9.17) is 11.6 Å². The first-order valence-electron chi connectivity index (χ1n) is 5.66. The number of carbonyl (C=O) groups is 1. The maximum absolute atomic E-state index is 12.0. The van der Waals surface area contributed by atoms with Crippen LogP contribution >= 0.6 is 11.6 Å². The zero-order chi connectivity index (χ0) is 13.7. The van der Waals surface area contributed by atoms with Crippen LogP contribution < -0.4 is 0 Å². The van der Waals surface area contributed by atoms with Crippen molar-refractivity contribution in [2.75, 3.05) is 13.6 Å². The van der Waals surface area contributed by atoms with Gasteiger partial charge in [-0.3, -0.25) is 14.9 Å². The molecule has 0 aliphatic carbocycles.